The van der Waals surface area contributed by atoms with Gasteiger partial charge in [0.25, 0.3) is 0 Å². The van der Waals surface area contributed by atoms with Gasteiger partial charge in [-0.1, -0.05) is 11.8 Å². The third-order valence-electron chi connectivity index (χ3n) is 2.99. The highest BCUT2D eigenvalue weighted by molar-refractivity contribution is 7.10. The fraction of sp³-hybridized carbons (Fsp3) is 0.571. The Morgan fingerprint density at radius 2 is 2.50 bits per heavy atom. The molecule has 4 heteroatoms. The first-order valence-corrected chi connectivity index (χ1v) is 7.09. The third kappa shape index (κ3) is 4.11. The predicted molar refractivity (Wildman–Crippen MR) is 73.5 cm³/mol. The van der Waals surface area contributed by atoms with Gasteiger partial charge in [-0.2, -0.15) is 0 Å². The lowest BCUT2D eigenvalue weighted by Crippen LogP contribution is -2.25. The highest BCUT2D eigenvalue weighted by atomic mass is 32.1. The molecule has 1 atom stereocenters. The molecule has 2 heterocycles. The van der Waals surface area contributed by atoms with Crippen LogP contribution in [0.25, 0.3) is 0 Å². The van der Waals surface area contributed by atoms with E-state index in [4.69, 9.17) is 9.84 Å². The number of hydrogen-bond donors (Lipinski definition) is 1. The Morgan fingerprint density at radius 1 is 1.61 bits per heavy atom. The summed E-state index contributed by atoms with van der Waals surface area (Å²) in [4.78, 5) is 3.66. The van der Waals surface area contributed by atoms with Crippen molar-refractivity contribution in [1.29, 1.82) is 0 Å². The Morgan fingerprint density at radius 3 is 3.22 bits per heavy atom. The van der Waals surface area contributed by atoms with Crippen molar-refractivity contribution in [1.82, 2.24) is 4.90 Å². The summed E-state index contributed by atoms with van der Waals surface area (Å²) in [5.74, 6) is 6.29. The fourth-order valence-electron chi connectivity index (χ4n) is 2.17. The molecule has 0 radical (unpaired) electrons. The molecule has 1 unspecified atom stereocenters. The third-order valence-corrected chi connectivity index (χ3v) is 3.91. The first-order valence-electron chi connectivity index (χ1n) is 6.21. The summed E-state index contributed by atoms with van der Waals surface area (Å²) in [5, 5.41) is 10.7. The second kappa shape index (κ2) is 6.91. The molecule has 0 aromatic carbocycles. The van der Waals surface area contributed by atoms with Gasteiger partial charge in [-0.15, -0.1) is 11.3 Å². The van der Waals surface area contributed by atoms with Crippen molar-refractivity contribution in [3.8, 4) is 11.8 Å². The molecule has 1 fully saturated rings. The van der Waals surface area contributed by atoms with E-state index in [1.54, 1.807) is 11.3 Å². The smallest absolute Gasteiger partial charge is 0.104 e. The van der Waals surface area contributed by atoms with E-state index in [-0.39, 0.29) is 6.61 Å². The van der Waals surface area contributed by atoms with Crippen LogP contribution < -0.4 is 0 Å². The van der Waals surface area contributed by atoms with Crippen LogP contribution in [-0.4, -0.2) is 43.4 Å². The van der Waals surface area contributed by atoms with Crippen LogP contribution in [0, 0.1) is 17.8 Å². The van der Waals surface area contributed by atoms with E-state index < -0.39 is 0 Å². The molecule has 1 aliphatic rings. The monoisotopic (exact) mass is 265 g/mol. The molecule has 18 heavy (non-hydrogen) atoms. The molecule has 3 nitrogen and oxygen atoms in total. The molecule has 2 rings (SSSR count). The highest BCUT2D eigenvalue weighted by Crippen LogP contribution is 2.18. The van der Waals surface area contributed by atoms with E-state index in [0.29, 0.717) is 5.92 Å². The van der Waals surface area contributed by atoms with Gasteiger partial charge >= 0.3 is 0 Å². The molecule has 0 amide bonds. The Bertz CT molecular complexity index is 426. The number of aliphatic hydroxyl groups excluding tert-OH is 1. The van der Waals surface area contributed by atoms with Crippen LogP contribution >= 0.6 is 11.3 Å². The van der Waals surface area contributed by atoms with Crippen molar-refractivity contribution in [2.45, 2.75) is 13.0 Å². The first kappa shape index (κ1) is 13.6. The van der Waals surface area contributed by atoms with E-state index in [1.165, 1.54) is 11.3 Å². The average molecular weight is 265 g/mol. The molecule has 1 aromatic heterocycles. The van der Waals surface area contributed by atoms with Crippen molar-refractivity contribution in [2.75, 3.05) is 33.4 Å². The van der Waals surface area contributed by atoms with Crippen molar-refractivity contribution < 1.29 is 9.84 Å². The Kier molecular flexibility index (Phi) is 5.21. The van der Waals surface area contributed by atoms with Crippen LogP contribution in [0.3, 0.4) is 0 Å². The molecule has 1 aromatic rings. The van der Waals surface area contributed by atoms with Gasteiger partial charge in [0.05, 0.1) is 6.61 Å². The maximum absolute atomic E-state index is 8.65. The van der Waals surface area contributed by atoms with Crippen molar-refractivity contribution in [3.05, 3.63) is 21.9 Å². The van der Waals surface area contributed by atoms with Crippen LogP contribution in [-0.2, 0) is 11.3 Å². The molecule has 1 aliphatic heterocycles. The topological polar surface area (TPSA) is 32.7 Å². The number of rotatable bonds is 4. The molecule has 98 valence electrons. The van der Waals surface area contributed by atoms with E-state index in [9.17, 15) is 0 Å². The molecule has 1 saturated heterocycles. The lowest BCUT2D eigenvalue weighted by atomic mass is 10.1. The van der Waals surface area contributed by atoms with Crippen LogP contribution in [0.15, 0.2) is 11.4 Å². The van der Waals surface area contributed by atoms with Crippen molar-refractivity contribution in [2.24, 2.45) is 5.92 Å². The van der Waals surface area contributed by atoms with Gasteiger partial charge in [-0.3, -0.25) is 0 Å². The van der Waals surface area contributed by atoms with E-state index in [2.05, 4.69) is 29.9 Å². The Balaban J connectivity index is 1.82. The van der Waals surface area contributed by atoms with Gasteiger partial charge in [0, 0.05) is 35.5 Å². The molecule has 0 spiro atoms. The van der Waals surface area contributed by atoms with E-state index in [0.717, 1.165) is 31.9 Å². The normalized spacial score (nSPS) is 18.9. The van der Waals surface area contributed by atoms with Crippen LogP contribution in [0.4, 0.5) is 0 Å². The van der Waals surface area contributed by atoms with Gasteiger partial charge in [-0.25, -0.2) is 0 Å². The van der Waals surface area contributed by atoms with Gasteiger partial charge in [0.1, 0.15) is 6.61 Å². The van der Waals surface area contributed by atoms with Gasteiger partial charge in [0.2, 0.25) is 0 Å². The largest absolute Gasteiger partial charge is 0.384 e. The zero-order valence-electron chi connectivity index (χ0n) is 10.7. The Labute approximate surface area is 112 Å². The summed E-state index contributed by atoms with van der Waals surface area (Å²) < 4.78 is 5.39. The van der Waals surface area contributed by atoms with E-state index in [1.807, 2.05) is 5.38 Å². The number of ether oxygens (including phenoxy) is 1. The molecule has 0 aliphatic carbocycles. The Hall–Kier alpha value is -0.860. The minimum Gasteiger partial charge on any atom is -0.384 e. The molecular weight excluding hydrogens is 246 g/mol. The summed E-state index contributed by atoms with van der Waals surface area (Å²) >= 11 is 1.73. The number of hydrogen-bond acceptors (Lipinski definition) is 4. The van der Waals surface area contributed by atoms with Crippen molar-refractivity contribution in [3.63, 3.8) is 0 Å². The quantitative estimate of drug-likeness (QED) is 0.839. The number of thiophene rings is 1. The zero-order valence-corrected chi connectivity index (χ0v) is 11.5. The predicted octanol–water partition coefficient (Wildman–Crippen LogP) is 1.56. The number of aliphatic hydroxyl groups is 1. The van der Waals surface area contributed by atoms with Crippen molar-refractivity contribution >= 4 is 11.3 Å². The van der Waals surface area contributed by atoms with Crippen LogP contribution in [0.1, 0.15) is 16.9 Å². The molecule has 0 saturated carbocycles. The first-order chi connectivity index (χ1) is 8.78. The van der Waals surface area contributed by atoms with Crippen LogP contribution in [0.5, 0.6) is 0 Å². The summed E-state index contributed by atoms with van der Waals surface area (Å²) in [6, 6.07) is 2.11. The zero-order chi connectivity index (χ0) is 12.8. The summed E-state index contributed by atoms with van der Waals surface area (Å²) in [7, 11) is 2.15. The summed E-state index contributed by atoms with van der Waals surface area (Å²) in [6.45, 7) is 3.80. The molecular formula is C14H19NO2S. The molecule has 0 bridgehead atoms. The second-order valence-electron chi connectivity index (χ2n) is 4.69. The van der Waals surface area contributed by atoms with E-state index >= 15 is 0 Å². The maximum Gasteiger partial charge on any atom is 0.104 e. The number of nitrogens with zero attached hydrogens (tertiary/aromatic N) is 1. The second-order valence-corrected chi connectivity index (χ2v) is 5.68. The van der Waals surface area contributed by atoms with Gasteiger partial charge < -0.3 is 14.7 Å². The fourth-order valence-corrected chi connectivity index (χ4v) is 3.06. The maximum atomic E-state index is 8.65. The lowest BCUT2D eigenvalue weighted by Gasteiger charge is -2.18. The SMILES string of the molecule is CN(Cc1cc(C#CCO)cs1)CC1CCOC1. The molecule has 1 N–H and O–H groups in total. The minimum atomic E-state index is -0.0766. The minimum absolute atomic E-state index is 0.0766. The lowest BCUT2D eigenvalue weighted by molar-refractivity contribution is 0.173. The average Bonchev–Trinajstić information content (AvgIpc) is 2.98. The highest BCUT2D eigenvalue weighted by Gasteiger charge is 2.17. The summed E-state index contributed by atoms with van der Waals surface area (Å²) in [6.07, 6.45) is 1.18. The van der Waals surface area contributed by atoms with Crippen LogP contribution in [0.2, 0.25) is 0 Å². The standard InChI is InChI=1S/C14H19NO2S/c1-15(8-13-4-6-17-10-13)9-14-7-12(11-18-14)3-2-5-16/h7,11,13,16H,4-6,8-10H2,1H3. The van der Waals surface area contributed by atoms with Gasteiger partial charge in [-0.05, 0) is 25.5 Å². The summed E-state index contributed by atoms with van der Waals surface area (Å²) in [5.41, 5.74) is 1.00. The van der Waals surface area contributed by atoms with Gasteiger partial charge in [0.15, 0.2) is 0 Å².